The lowest BCUT2D eigenvalue weighted by molar-refractivity contribution is -0.141. The first-order valence-electron chi connectivity index (χ1n) is 4.59. The highest BCUT2D eigenvalue weighted by atomic mass is 35.5. The normalized spacial score (nSPS) is 12.5. The Kier molecular flexibility index (Phi) is 3.69. The number of aliphatic carboxylic acids is 1. The van der Waals surface area contributed by atoms with Crippen molar-refractivity contribution >= 4 is 17.6 Å². The van der Waals surface area contributed by atoms with Crippen molar-refractivity contribution in [2.75, 3.05) is 0 Å². The molecular weight excluding hydrogens is 219 g/mol. The molecule has 2 nitrogen and oxygen atoms in total. The second-order valence-corrected chi connectivity index (χ2v) is 4.04. The van der Waals surface area contributed by atoms with Crippen molar-refractivity contribution in [3.05, 3.63) is 34.1 Å². The zero-order valence-corrected chi connectivity index (χ0v) is 9.31. The van der Waals surface area contributed by atoms with Gasteiger partial charge >= 0.3 is 5.97 Å². The van der Waals surface area contributed by atoms with E-state index in [9.17, 15) is 9.18 Å². The molecule has 0 amide bonds. The van der Waals surface area contributed by atoms with Gasteiger partial charge in [0.1, 0.15) is 5.82 Å². The van der Waals surface area contributed by atoms with Gasteiger partial charge in [-0.3, -0.25) is 4.79 Å². The van der Waals surface area contributed by atoms with E-state index in [1.807, 2.05) is 0 Å². The summed E-state index contributed by atoms with van der Waals surface area (Å²) in [6, 6.07) is 2.82. The maximum atomic E-state index is 13.2. The summed E-state index contributed by atoms with van der Waals surface area (Å²) in [5.74, 6) is -1.83. The van der Waals surface area contributed by atoms with Crippen molar-refractivity contribution in [3.63, 3.8) is 0 Å². The molecule has 4 heteroatoms. The van der Waals surface area contributed by atoms with Gasteiger partial charge in [0.05, 0.1) is 5.92 Å². The van der Waals surface area contributed by atoms with Gasteiger partial charge < -0.3 is 5.11 Å². The Hall–Kier alpha value is -1.09. The Labute approximate surface area is 92.7 Å². The van der Waals surface area contributed by atoms with Crippen molar-refractivity contribution in [2.24, 2.45) is 5.92 Å². The minimum atomic E-state index is -0.910. The van der Waals surface area contributed by atoms with Crippen molar-refractivity contribution in [1.82, 2.24) is 0 Å². The summed E-state index contributed by atoms with van der Waals surface area (Å²) in [4.78, 5) is 10.6. The quantitative estimate of drug-likeness (QED) is 0.867. The number of carboxylic acids is 1. The molecular formula is C11H12ClFO2. The maximum Gasteiger partial charge on any atom is 0.306 e. The van der Waals surface area contributed by atoms with Crippen molar-refractivity contribution in [3.8, 4) is 0 Å². The van der Waals surface area contributed by atoms with Gasteiger partial charge in [-0.2, -0.15) is 0 Å². The predicted molar refractivity (Wildman–Crippen MR) is 56.7 cm³/mol. The molecule has 0 fully saturated rings. The summed E-state index contributed by atoms with van der Waals surface area (Å²) in [5.41, 5.74) is 1.00. The zero-order valence-electron chi connectivity index (χ0n) is 8.55. The number of aryl methyl sites for hydroxylation is 1. The molecule has 1 rings (SSSR count). The molecule has 1 aromatic rings. The lowest BCUT2D eigenvalue weighted by Crippen LogP contribution is -2.12. The van der Waals surface area contributed by atoms with Gasteiger partial charge in [-0.05, 0) is 36.6 Å². The second-order valence-electron chi connectivity index (χ2n) is 3.64. The van der Waals surface area contributed by atoms with Crippen LogP contribution in [0.3, 0.4) is 0 Å². The minimum absolute atomic E-state index is 0.241. The fourth-order valence-electron chi connectivity index (χ4n) is 1.26. The molecule has 15 heavy (non-hydrogen) atoms. The highest BCUT2D eigenvalue weighted by Crippen LogP contribution is 2.23. The molecule has 0 spiro atoms. The minimum Gasteiger partial charge on any atom is -0.481 e. The van der Waals surface area contributed by atoms with Crippen LogP contribution in [0, 0.1) is 18.7 Å². The van der Waals surface area contributed by atoms with E-state index in [-0.39, 0.29) is 12.2 Å². The van der Waals surface area contributed by atoms with E-state index in [1.165, 1.54) is 12.1 Å². The summed E-state index contributed by atoms with van der Waals surface area (Å²) in [6.45, 7) is 3.18. The van der Waals surface area contributed by atoms with Crippen LogP contribution in [0.1, 0.15) is 18.1 Å². The molecule has 1 atom stereocenters. The number of hydrogen-bond donors (Lipinski definition) is 1. The molecule has 0 aliphatic heterocycles. The largest absolute Gasteiger partial charge is 0.481 e. The number of benzene rings is 1. The first-order chi connectivity index (χ1) is 6.91. The molecule has 82 valence electrons. The van der Waals surface area contributed by atoms with Gasteiger partial charge in [-0.25, -0.2) is 4.39 Å². The first kappa shape index (κ1) is 12.0. The Morgan fingerprint density at radius 3 is 2.73 bits per heavy atom. The summed E-state index contributed by atoms with van der Waals surface area (Å²) in [5, 5.41) is 9.14. The average molecular weight is 231 g/mol. The molecule has 0 heterocycles. The summed E-state index contributed by atoms with van der Waals surface area (Å²) >= 11 is 5.89. The van der Waals surface area contributed by atoms with Crippen LogP contribution in [0.5, 0.6) is 0 Å². The summed E-state index contributed by atoms with van der Waals surface area (Å²) in [7, 11) is 0. The maximum absolute atomic E-state index is 13.2. The molecule has 0 saturated carbocycles. The van der Waals surface area contributed by atoms with Crippen LogP contribution >= 0.6 is 11.6 Å². The lowest BCUT2D eigenvalue weighted by atomic mass is 10.00. The highest BCUT2D eigenvalue weighted by molar-refractivity contribution is 6.31. The molecule has 0 saturated heterocycles. The Balaban J connectivity index is 2.95. The van der Waals surface area contributed by atoms with E-state index < -0.39 is 11.9 Å². The fourth-order valence-corrected chi connectivity index (χ4v) is 1.56. The third kappa shape index (κ3) is 2.93. The predicted octanol–water partition coefficient (Wildman–Crippen LogP) is 3.05. The van der Waals surface area contributed by atoms with E-state index >= 15 is 0 Å². The van der Waals surface area contributed by atoms with Gasteiger partial charge in [0.25, 0.3) is 0 Å². The van der Waals surface area contributed by atoms with E-state index in [0.717, 1.165) is 0 Å². The SMILES string of the molecule is Cc1cc(Cl)c(CC(C)C(=O)O)cc1F. The zero-order chi connectivity index (χ0) is 11.6. The van der Waals surface area contributed by atoms with Crippen LogP contribution in [0.4, 0.5) is 4.39 Å². The summed E-state index contributed by atoms with van der Waals surface area (Å²) < 4.78 is 13.2. The number of carbonyl (C=O) groups is 1. The Morgan fingerprint density at radius 1 is 1.60 bits per heavy atom. The van der Waals surface area contributed by atoms with Gasteiger partial charge in [0, 0.05) is 5.02 Å². The van der Waals surface area contributed by atoms with Gasteiger partial charge in [-0.15, -0.1) is 0 Å². The highest BCUT2D eigenvalue weighted by Gasteiger charge is 2.14. The van der Waals surface area contributed by atoms with Crippen LogP contribution in [-0.2, 0) is 11.2 Å². The number of carboxylic acid groups (broad SMARTS) is 1. The summed E-state index contributed by atoms with van der Waals surface area (Å²) in [6.07, 6.45) is 0.241. The molecule has 0 bridgehead atoms. The second kappa shape index (κ2) is 4.62. The van der Waals surface area contributed by atoms with Crippen LogP contribution in [0.15, 0.2) is 12.1 Å². The van der Waals surface area contributed by atoms with Crippen LogP contribution in [0.25, 0.3) is 0 Å². The fraction of sp³-hybridized carbons (Fsp3) is 0.364. The van der Waals surface area contributed by atoms with Crippen LogP contribution in [-0.4, -0.2) is 11.1 Å². The molecule has 0 aromatic heterocycles. The smallest absolute Gasteiger partial charge is 0.306 e. The number of halogens is 2. The number of rotatable bonds is 3. The standard InChI is InChI=1S/C11H12ClFO2/c1-6-4-9(12)8(5-10(6)13)3-7(2)11(14)15/h4-5,7H,3H2,1-2H3,(H,14,15). The Morgan fingerprint density at radius 2 is 2.20 bits per heavy atom. The number of hydrogen-bond acceptors (Lipinski definition) is 1. The van der Waals surface area contributed by atoms with Gasteiger partial charge in [-0.1, -0.05) is 18.5 Å². The molecule has 0 radical (unpaired) electrons. The lowest BCUT2D eigenvalue weighted by Gasteiger charge is -2.09. The first-order valence-corrected chi connectivity index (χ1v) is 4.97. The third-order valence-corrected chi connectivity index (χ3v) is 2.63. The topological polar surface area (TPSA) is 37.3 Å². The van der Waals surface area contributed by atoms with E-state index in [4.69, 9.17) is 16.7 Å². The third-order valence-electron chi connectivity index (χ3n) is 2.28. The van der Waals surface area contributed by atoms with Crippen molar-refractivity contribution in [2.45, 2.75) is 20.3 Å². The molecule has 0 aliphatic carbocycles. The van der Waals surface area contributed by atoms with E-state index in [0.29, 0.717) is 16.1 Å². The van der Waals surface area contributed by atoms with Crippen LogP contribution < -0.4 is 0 Å². The van der Waals surface area contributed by atoms with E-state index in [2.05, 4.69) is 0 Å². The molecule has 1 N–H and O–H groups in total. The average Bonchev–Trinajstić information content (AvgIpc) is 2.13. The van der Waals surface area contributed by atoms with Crippen molar-refractivity contribution < 1.29 is 14.3 Å². The van der Waals surface area contributed by atoms with Gasteiger partial charge in [0.15, 0.2) is 0 Å². The van der Waals surface area contributed by atoms with E-state index in [1.54, 1.807) is 13.8 Å². The Bertz CT molecular complexity index is 390. The molecule has 0 aliphatic rings. The monoisotopic (exact) mass is 230 g/mol. The van der Waals surface area contributed by atoms with Crippen LogP contribution in [0.2, 0.25) is 5.02 Å². The van der Waals surface area contributed by atoms with Gasteiger partial charge in [0.2, 0.25) is 0 Å². The molecule has 1 unspecified atom stereocenters. The van der Waals surface area contributed by atoms with Crippen molar-refractivity contribution in [1.29, 1.82) is 0 Å². The molecule has 1 aromatic carbocycles.